The van der Waals surface area contributed by atoms with Gasteiger partial charge in [0.15, 0.2) is 0 Å². The number of aryl methyl sites for hydroxylation is 3. The average molecular weight is 394 g/mol. The molecule has 0 amide bonds. The summed E-state index contributed by atoms with van der Waals surface area (Å²) in [5, 5.41) is 13.3. The lowest BCUT2D eigenvalue weighted by Crippen LogP contribution is -2.26. The zero-order valence-corrected chi connectivity index (χ0v) is 16.9. The lowest BCUT2D eigenvalue weighted by molar-refractivity contribution is 0.116. The van der Waals surface area contributed by atoms with Crippen LogP contribution < -0.4 is 15.6 Å². The van der Waals surface area contributed by atoms with E-state index < -0.39 is 6.10 Å². The number of rotatable bonds is 8. The number of ether oxygens (including phenoxy) is 1. The van der Waals surface area contributed by atoms with Crippen molar-refractivity contribution in [2.75, 3.05) is 18.5 Å². The van der Waals surface area contributed by atoms with Gasteiger partial charge in [-0.25, -0.2) is 9.97 Å². The summed E-state index contributed by atoms with van der Waals surface area (Å²) >= 11 is 0. The van der Waals surface area contributed by atoms with Gasteiger partial charge in [0.05, 0.1) is 0 Å². The number of aromatic amines is 1. The Morgan fingerprint density at radius 3 is 2.62 bits per heavy atom. The Kier molecular flexibility index (Phi) is 6.61. The zero-order valence-electron chi connectivity index (χ0n) is 16.9. The van der Waals surface area contributed by atoms with E-state index in [1.807, 2.05) is 45.0 Å². The Balaban J connectivity index is 1.56. The van der Waals surface area contributed by atoms with Gasteiger partial charge in [0, 0.05) is 30.1 Å². The molecule has 2 heterocycles. The molecule has 152 valence electrons. The largest absolute Gasteiger partial charge is 0.490 e. The molecule has 0 spiro atoms. The number of nitrogens with one attached hydrogen (secondary N) is 2. The number of anilines is 1. The number of hydrogen-bond donors (Lipinski definition) is 3. The third-order valence-corrected chi connectivity index (χ3v) is 4.54. The van der Waals surface area contributed by atoms with E-state index in [4.69, 9.17) is 4.74 Å². The van der Waals surface area contributed by atoms with Gasteiger partial charge in [-0.15, -0.1) is 0 Å². The van der Waals surface area contributed by atoms with E-state index in [2.05, 4.69) is 20.3 Å². The highest BCUT2D eigenvalue weighted by Gasteiger charge is 2.09. The van der Waals surface area contributed by atoms with Crippen LogP contribution in [0, 0.1) is 13.8 Å². The highest BCUT2D eigenvalue weighted by atomic mass is 16.5. The summed E-state index contributed by atoms with van der Waals surface area (Å²) in [6.45, 7) is 6.41. The second kappa shape index (κ2) is 9.34. The number of hydrogen-bond acceptors (Lipinski definition) is 6. The molecule has 0 bridgehead atoms. The molecule has 0 aliphatic heterocycles. The number of aliphatic hydroxyl groups is 1. The van der Waals surface area contributed by atoms with Crippen LogP contribution in [0.5, 0.6) is 5.75 Å². The maximum atomic E-state index is 11.7. The van der Waals surface area contributed by atoms with Crippen molar-refractivity contribution in [2.24, 2.45) is 0 Å². The van der Waals surface area contributed by atoms with Crippen LogP contribution in [0.3, 0.4) is 0 Å². The van der Waals surface area contributed by atoms with E-state index in [1.165, 1.54) is 6.07 Å². The molecule has 3 aromatic rings. The molecule has 0 radical (unpaired) electrons. The molecule has 7 heteroatoms. The number of nitrogens with zero attached hydrogens (tertiary/aromatic N) is 2. The van der Waals surface area contributed by atoms with Crippen LogP contribution in [-0.4, -0.2) is 39.3 Å². The predicted octanol–water partition coefficient (Wildman–Crippen LogP) is 2.86. The van der Waals surface area contributed by atoms with Gasteiger partial charge in [-0.1, -0.05) is 25.1 Å². The highest BCUT2D eigenvalue weighted by Crippen LogP contribution is 2.22. The molecular weight excluding hydrogens is 368 g/mol. The minimum Gasteiger partial charge on any atom is -0.490 e. The lowest BCUT2D eigenvalue weighted by Gasteiger charge is -2.16. The van der Waals surface area contributed by atoms with E-state index in [9.17, 15) is 9.90 Å². The summed E-state index contributed by atoms with van der Waals surface area (Å²) in [5.74, 6) is 1.93. The fourth-order valence-electron chi connectivity index (χ4n) is 2.95. The molecule has 3 rings (SSSR count). The van der Waals surface area contributed by atoms with Crippen molar-refractivity contribution in [1.82, 2.24) is 15.0 Å². The quantitative estimate of drug-likeness (QED) is 0.543. The summed E-state index contributed by atoms with van der Waals surface area (Å²) in [6.07, 6.45) is 1.64. The van der Waals surface area contributed by atoms with Gasteiger partial charge in [0.2, 0.25) is 0 Å². The van der Waals surface area contributed by atoms with Crippen molar-refractivity contribution in [2.45, 2.75) is 33.3 Å². The number of aromatic nitrogens is 3. The third kappa shape index (κ3) is 5.42. The van der Waals surface area contributed by atoms with Gasteiger partial charge in [0.1, 0.15) is 30.1 Å². The Labute approximate surface area is 169 Å². The summed E-state index contributed by atoms with van der Waals surface area (Å²) in [4.78, 5) is 23.2. The number of benzene rings is 1. The first-order chi connectivity index (χ1) is 14.0. The highest BCUT2D eigenvalue weighted by molar-refractivity contribution is 5.55. The number of H-pyrrole nitrogens is 1. The molecule has 2 aromatic heterocycles. The summed E-state index contributed by atoms with van der Waals surface area (Å²) < 4.78 is 5.78. The van der Waals surface area contributed by atoms with Crippen molar-refractivity contribution in [3.05, 3.63) is 69.8 Å². The smallest absolute Gasteiger partial charge is 0.251 e. The van der Waals surface area contributed by atoms with Gasteiger partial charge in [-0.05, 0) is 43.5 Å². The molecule has 3 N–H and O–H groups in total. The third-order valence-electron chi connectivity index (χ3n) is 4.54. The van der Waals surface area contributed by atoms with Crippen molar-refractivity contribution in [3.8, 4) is 17.1 Å². The van der Waals surface area contributed by atoms with Gasteiger partial charge >= 0.3 is 0 Å². The van der Waals surface area contributed by atoms with E-state index in [-0.39, 0.29) is 12.2 Å². The zero-order chi connectivity index (χ0) is 20.8. The van der Waals surface area contributed by atoms with Crippen LogP contribution in [-0.2, 0) is 6.42 Å². The minimum absolute atomic E-state index is 0.180. The van der Waals surface area contributed by atoms with Gasteiger partial charge in [-0.3, -0.25) is 4.79 Å². The topological polar surface area (TPSA) is 100 Å². The fourth-order valence-corrected chi connectivity index (χ4v) is 2.95. The molecule has 7 nitrogen and oxygen atoms in total. The summed E-state index contributed by atoms with van der Waals surface area (Å²) in [6, 6.07) is 11.1. The first-order valence-electron chi connectivity index (χ1n) is 9.64. The standard InChI is InChI=1S/C22H26N4O3/c1-4-17-10-20(28)26-22(25-17)16-8-9-19(23-11-16)24-12-18(27)13-29-21-14(2)6-5-7-15(21)3/h5-11,18,27H,4,12-13H2,1-3H3,(H,23,24)(H,25,26,28)/t18-/m1/s1. The molecule has 0 saturated heterocycles. The molecule has 0 aliphatic rings. The van der Waals surface area contributed by atoms with E-state index >= 15 is 0 Å². The lowest BCUT2D eigenvalue weighted by atomic mass is 10.1. The Morgan fingerprint density at radius 1 is 1.21 bits per heavy atom. The van der Waals surface area contributed by atoms with Crippen molar-refractivity contribution >= 4 is 5.82 Å². The molecule has 0 saturated carbocycles. The van der Waals surface area contributed by atoms with Gasteiger partial charge in [0.25, 0.3) is 5.56 Å². The van der Waals surface area contributed by atoms with Gasteiger partial charge < -0.3 is 20.1 Å². The molecule has 0 unspecified atom stereocenters. The van der Waals surface area contributed by atoms with Crippen molar-refractivity contribution in [1.29, 1.82) is 0 Å². The van der Waals surface area contributed by atoms with Crippen molar-refractivity contribution in [3.63, 3.8) is 0 Å². The molecular formula is C22H26N4O3. The maximum Gasteiger partial charge on any atom is 0.251 e. The number of para-hydroxylation sites is 1. The minimum atomic E-state index is -0.685. The van der Waals surface area contributed by atoms with Gasteiger partial charge in [-0.2, -0.15) is 0 Å². The first-order valence-corrected chi connectivity index (χ1v) is 9.64. The summed E-state index contributed by atoms with van der Waals surface area (Å²) in [7, 11) is 0. The Bertz CT molecular complexity index is 995. The maximum absolute atomic E-state index is 11.7. The predicted molar refractivity (Wildman–Crippen MR) is 113 cm³/mol. The van der Waals surface area contributed by atoms with E-state index in [0.29, 0.717) is 24.6 Å². The van der Waals surface area contributed by atoms with E-state index in [1.54, 1.807) is 12.3 Å². The van der Waals surface area contributed by atoms with Crippen LogP contribution in [0.1, 0.15) is 23.7 Å². The monoisotopic (exact) mass is 394 g/mol. The number of pyridine rings is 1. The van der Waals surface area contributed by atoms with E-state index in [0.717, 1.165) is 28.1 Å². The second-order valence-corrected chi connectivity index (χ2v) is 6.94. The molecule has 0 fully saturated rings. The van der Waals surface area contributed by atoms with Crippen LogP contribution in [0.15, 0.2) is 47.4 Å². The molecule has 1 atom stereocenters. The Hall–Kier alpha value is -3.19. The normalized spacial score (nSPS) is 11.9. The SMILES string of the molecule is CCc1cc(=O)[nH]c(-c2ccc(NC[C@@H](O)COc3c(C)cccc3C)nc2)n1. The van der Waals surface area contributed by atoms with Crippen LogP contribution in [0.2, 0.25) is 0 Å². The Morgan fingerprint density at radius 2 is 1.97 bits per heavy atom. The number of aliphatic hydroxyl groups excluding tert-OH is 1. The molecule has 0 aliphatic carbocycles. The summed E-state index contributed by atoms with van der Waals surface area (Å²) in [5.41, 5.74) is 3.36. The second-order valence-electron chi connectivity index (χ2n) is 6.94. The molecule has 29 heavy (non-hydrogen) atoms. The van der Waals surface area contributed by atoms with Crippen LogP contribution in [0.4, 0.5) is 5.82 Å². The van der Waals surface area contributed by atoms with Crippen LogP contribution >= 0.6 is 0 Å². The van der Waals surface area contributed by atoms with Crippen LogP contribution in [0.25, 0.3) is 11.4 Å². The average Bonchev–Trinajstić information content (AvgIpc) is 2.71. The fraction of sp³-hybridized carbons (Fsp3) is 0.318. The van der Waals surface area contributed by atoms with Crippen molar-refractivity contribution < 1.29 is 9.84 Å². The first kappa shape index (κ1) is 20.5. The molecule has 1 aromatic carbocycles.